The van der Waals surface area contributed by atoms with Gasteiger partial charge in [-0.25, -0.2) is 5.01 Å². The lowest BCUT2D eigenvalue weighted by Gasteiger charge is -2.20. The molecule has 0 fully saturated rings. The number of hydrazone groups is 1. The normalized spacial score (nSPS) is 11.4. The first-order valence-electron chi connectivity index (χ1n) is 9.91. The van der Waals surface area contributed by atoms with Crippen LogP contribution in [0.5, 0.6) is 0 Å². The molecule has 0 saturated heterocycles. The monoisotopic (exact) mass is 421 g/mol. The maximum atomic E-state index is 10.9. The molecule has 0 atom stereocenters. The molecule has 0 radical (unpaired) electrons. The third kappa shape index (κ3) is 5.09. The maximum Gasteiger partial charge on any atom is 0.269 e. The second kappa shape index (κ2) is 9.90. The second-order valence-corrected chi connectivity index (χ2v) is 6.75. The van der Waals surface area contributed by atoms with Crippen molar-refractivity contribution in [3.63, 3.8) is 0 Å². The molecule has 4 aromatic rings. The fourth-order valence-corrected chi connectivity index (χ4v) is 2.97. The molecule has 0 heterocycles. The average Bonchev–Trinajstić information content (AvgIpc) is 2.86. The zero-order valence-corrected chi connectivity index (χ0v) is 17.0. The third-order valence-electron chi connectivity index (χ3n) is 4.55. The summed E-state index contributed by atoms with van der Waals surface area (Å²) in [5.41, 5.74) is 3.02. The second-order valence-electron chi connectivity index (χ2n) is 6.75. The average molecular weight is 421 g/mol. The van der Waals surface area contributed by atoms with Crippen LogP contribution in [0, 0.1) is 10.1 Å². The molecular weight excluding hydrogens is 402 g/mol. The maximum absolute atomic E-state index is 10.9. The van der Waals surface area contributed by atoms with Crippen molar-refractivity contribution >= 4 is 28.6 Å². The van der Waals surface area contributed by atoms with E-state index in [1.807, 2.05) is 91.0 Å². The molecule has 0 unspecified atom stereocenters. The summed E-state index contributed by atoms with van der Waals surface area (Å²) in [4.78, 5) is 10.4. The molecule has 0 N–H and O–H groups in total. The predicted molar refractivity (Wildman–Crippen MR) is 126 cm³/mol. The number of amidine groups is 1. The SMILES string of the molecule is O=[N+]([O-])c1ccc(N=N/C(=N\N(c2ccccc2)c2ccccc2)c2ccccc2)cc1. The van der Waals surface area contributed by atoms with Gasteiger partial charge in [-0.05, 0) is 36.4 Å². The van der Waals surface area contributed by atoms with Gasteiger partial charge in [0.1, 0.15) is 0 Å². The van der Waals surface area contributed by atoms with Gasteiger partial charge in [0.25, 0.3) is 5.69 Å². The van der Waals surface area contributed by atoms with E-state index in [-0.39, 0.29) is 5.69 Å². The Morgan fingerprint density at radius 2 is 1.19 bits per heavy atom. The van der Waals surface area contributed by atoms with E-state index in [1.165, 1.54) is 12.1 Å². The minimum absolute atomic E-state index is 0.000213. The fraction of sp³-hybridized carbons (Fsp3) is 0. The van der Waals surface area contributed by atoms with Gasteiger partial charge in [0.2, 0.25) is 5.84 Å². The lowest BCUT2D eigenvalue weighted by Crippen LogP contribution is -2.13. The van der Waals surface area contributed by atoms with Crippen molar-refractivity contribution in [3.05, 3.63) is 131 Å². The Hall–Kier alpha value is -4.65. The molecule has 0 aliphatic rings. The number of para-hydroxylation sites is 2. The van der Waals surface area contributed by atoms with Crippen molar-refractivity contribution in [2.45, 2.75) is 0 Å². The zero-order valence-electron chi connectivity index (χ0n) is 17.0. The molecule has 156 valence electrons. The van der Waals surface area contributed by atoms with E-state index < -0.39 is 4.92 Å². The molecule has 7 heteroatoms. The van der Waals surface area contributed by atoms with Gasteiger partial charge in [0.05, 0.1) is 22.0 Å². The lowest BCUT2D eigenvalue weighted by molar-refractivity contribution is -0.384. The van der Waals surface area contributed by atoms with E-state index in [4.69, 9.17) is 5.10 Å². The first kappa shape index (κ1) is 20.6. The topological polar surface area (TPSA) is 83.5 Å². The Morgan fingerprint density at radius 1 is 0.688 bits per heavy atom. The van der Waals surface area contributed by atoms with Crippen molar-refractivity contribution in [1.82, 2.24) is 0 Å². The molecule has 4 aromatic carbocycles. The summed E-state index contributed by atoms with van der Waals surface area (Å²) in [6.07, 6.45) is 0. The van der Waals surface area contributed by atoms with Crippen LogP contribution in [-0.2, 0) is 0 Å². The summed E-state index contributed by atoms with van der Waals surface area (Å²) in [5, 5.41) is 26.2. The molecule has 0 amide bonds. The Kier molecular flexibility index (Phi) is 6.38. The van der Waals surface area contributed by atoms with Crippen LogP contribution in [-0.4, -0.2) is 10.8 Å². The van der Waals surface area contributed by atoms with Gasteiger partial charge in [-0.2, -0.15) is 0 Å². The summed E-state index contributed by atoms with van der Waals surface area (Å²) >= 11 is 0. The number of non-ortho nitro benzene ring substituents is 1. The highest BCUT2D eigenvalue weighted by Gasteiger charge is 2.11. The van der Waals surface area contributed by atoms with E-state index >= 15 is 0 Å². The molecule has 4 rings (SSSR count). The molecule has 0 aromatic heterocycles. The summed E-state index contributed by atoms with van der Waals surface area (Å²) in [6.45, 7) is 0. The Bertz CT molecular complexity index is 1190. The predicted octanol–water partition coefficient (Wildman–Crippen LogP) is 6.88. The van der Waals surface area contributed by atoms with Crippen LogP contribution in [0.1, 0.15) is 5.56 Å². The van der Waals surface area contributed by atoms with Gasteiger partial charge in [-0.1, -0.05) is 66.7 Å². The molecular formula is C25H19N5O2. The van der Waals surface area contributed by atoms with Crippen LogP contribution in [0.4, 0.5) is 22.7 Å². The fourth-order valence-electron chi connectivity index (χ4n) is 2.97. The van der Waals surface area contributed by atoms with E-state index in [1.54, 1.807) is 17.1 Å². The summed E-state index contributed by atoms with van der Waals surface area (Å²) < 4.78 is 0. The van der Waals surface area contributed by atoms with Crippen LogP contribution in [0.3, 0.4) is 0 Å². The van der Waals surface area contributed by atoms with Crippen LogP contribution < -0.4 is 5.01 Å². The number of nitro benzene ring substituents is 1. The van der Waals surface area contributed by atoms with Crippen LogP contribution in [0.2, 0.25) is 0 Å². The zero-order chi connectivity index (χ0) is 22.2. The van der Waals surface area contributed by atoms with E-state index in [0.717, 1.165) is 16.9 Å². The van der Waals surface area contributed by atoms with E-state index in [0.29, 0.717) is 11.5 Å². The van der Waals surface area contributed by atoms with Gasteiger partial charge in [0, 0.05) is 17.7 Å². The Labute approximate surface area is 185 Å². The number of hydrogen-bond donors (Lipinski definition) is 0. The highest BCUT2D eigenvalue weighted by Crippen LogP contribution is 2.26. The van der Waals surface area contributed by atoms with E-state index in [2.05, 4.69) is 10.2 Å². The number of azo groups is 1. The number of anilines is 2. The first-order valence-corrected chi connectivity index (χ1v) is 9.91. The van der Waals surface area contributed by atoms with Gasteiger partial charge in [0.15, 0.2) is 0 Å². The van der Waals surface area contributed by atoms with Gasteiger partial charge in [-0.15, -0.1) is 15.3 Å². The molecule has 0 spiro atoms. The van der Waals surface area contributed by atoms with Crippen molar-refractivity contribution in [2.24, 2.45) is 15.3 Å². The highest BCUT2D eigenvalue weighted by molar-refractivity contribution is 6.00. The Balaban J connectivity index is 1.77. The number of nitro groups is 1. The van der Waals surface area contributed by atoms with Crippen molar-refractivity contribution in [2.75, 3.05) is 5.01 Å². The quantitative estimate of drug-likeness (QED) is 0.112. The van der Waals surface area contributed by atoms with Crippen LogP contribution in [0.15, 0.2) is 131 Å². The highest BCUT2D eigenvalue weighted by atomic mass is 16.6. The van der Waals surface area contributed by atoms with E-state index in [9.17, 15) is 10.1 Å². The van der Waals surface area contributed by atoms with Gasteiger partial charge in [-0.3, -0.25) is 10.1 Å². The molecule has 0 saturated carbocycles. The number of benzene rings is 4. The van der Waals surface area contributed by atoms with Crippen LogP contribution >= 0.6 is 0 Å². The van der Waals surface area contributed by atoms with Crippen molar-refractivity contribution in [1.29, 1.82) is 0 Å². The number of nitrogens with zero attached hydrogens (tertiary/aromatic N) is 5. The Morgan fingerprint density at radius 3 is 1.69 bits per heavy atom. The third-order valence-corrected chi connectivity index (χ3v) is 4.55. The van der Waals surface area contributed by atoms with Gasteiger partial charge < -0.3 is 0 Å². The summed E-state index contributed by atoms with van der Waals surface area (Å²) in [6, 6.07) is 35.0. The van der Waals surface area contributed by atoms with Crippen molar-refractivity contribution < 1.29 is 4.92 Å². The molecule has 0 bridgehead atoms. The summed E-state index contributed by atoms with van der Waals surface area (Å²) in [7, 11) is 0. The molecule has 0 aliphatic heterocycles. The largest absolute Gasteiger partial charge is 0.269 e. The van der Waals surface area contributed by atoms with Gasteiger partial charge >= 0.3 is 0 Å². The molecule has 32 heavy (non-hydrogen) atoms. The first-order chi connectivity index (χ1) is 15.7. The van der Waals surface area contributed by atoms with Crippen LogP contribution in [0.25, 0.3) is 0 Å². The smallest absolute Gasteiger partial charge is 0.258 e. The molecule has 7 nitrogen and oxygen atoms in total. The standard InChI is InChI=1S/C25H19N5O2/c31-30(32)24-18-16-21(17-19-24)26-27-25(20-10-4-1-5-11-20)28-29(22-12-6-2-7-13-22)23-14-8-3-9-15-23/h1-19H/b27-26?,28-25-. The number of rotatable bonds is 6. The minimum atomic E-state index is -0.449. The summed E-state index contributed by atoms with van der Waals surface area (Å²) in [5.74, 6) is 0.400. The lowest BCUT2D eigenvalue weighted by atomic mass is 10.2. The van der Waals surface area contributed by atoms with Crippen molar-refractivity contribution in [3.8, 4) is 0 Å². The number of hydrogen-bond acceptors (Lipinski definition) is 5. The minimum Gasteiger partial charge on any atom is -0.258 e. The molecule has 0 aliphatic carbocycles.